The Bertz CT molecular complexity index is 1230. The molecule has 3 radical (unpaired) electrons. The molecule has 0 bridgehead atoms. The van der Waals surface area contributed by atoms with Crippen LogP contribution in [0.1, 0.15) is 103 Å². The topological polar surface area (TPSA) is 88.9 Å². The molecule has 0 aliphatic rings. The number of carbonyl (C=O) groups is 1. The van der Waals surface area contributed by atoms with Crippen molar-refractivity contribution in [3.8, 4) is 0 Å². The molecule has 0 fully saturated rings. The molecule has 0 aliphatic carbocycles. The summed E-state index contributed by atoms with van der Waals surface area (Å²) in [5.74, 6) is 0. The van der Waals surface area contributed by atoms with E-state index in [1.54, 1.807) is 28.1 Å². The summed E-state index contributed by atoms with van der Waals surface area (Å²) < 4.78 is 3.49. The molecular weight excluding hydrogens is 970 g/mol. The van der Waals surface area contributed by atoms with E-state index in [0.717, 1.165) is 42.5 Å². The van der Waals surface area contributed by atoms with Gasteiger partial charge in [-0.25, -0.2) is 19.9 Å². The van der Waals surface area contributed by atoms with Gasteiger partial charge in [-0.15, -0.1) is 45.3 Å². The average molecular weight is 1030 g/mol. The molecule has 0 amide bonds. The van der Waals surface area contributed by atoms with Gasteiger partial charge >= 0.3 is 29.6 Å². The van der Waals surface area contributed by atoms with Crippen LogP contribution in [0.2, 0.25) is 24.7 Å². The third kappa shape index (κ3) is 30.9. The van der Waals surface area contributed by atoms with Gasteiger partial charge in [0.1, 0.15) is 23.4 Å². The largest absolute Gasteiger partial charge is 1.00 e. The van der Waals surface area contributed by atoms with Crippen molar-refractivity contribution in [3.05, 3.63) is 59.5 Å². The van der Waals surface area contributed by atoms with Crippen molar-refractivity contribution in [3.63, 3.8) is 0 Å². The Hall–Kier alpha value is 1.35. The van der Waals surface area contributed by atoms with Gasteiger partial charge in [-0.3, -0.25) is 4.79 Å². The van der Waals surface area contributed by atoms with Gasteiger partial charge in [0.15, 0.2) is 11.3 Å². The summed E-state index contributed by atoms with van der Waals surface area (Å²) in [5.41, 5.74) is 0. The van der Waals surface area contributed by atoms with E-state index in [2.05, 4.69) is 145 Å². The van der Waals surface area contributed by atoms with E-state index < -0.39 is 8.07 Å². The van der Waals surface area contributed by atoms with Gasteiger partial charge in [-0.1, -0.05) is 91.4 Å². The van der Waals surface area contributed by atoms with Gasteiger partial charge in [0, 0.05) is 37.5 Å². The Balaban J connectivity index is -0.0000000561. The average Bonchev–Trinajstić information content (AvgIpc) is 3.69. The zero-order valence-electron chi connectivity index (χ0n) is 27.3. The molecule has 0 aliphatic heterocycles. The van der Waals surface area contributed by atoms with Gasteiger partial charge in [0.25, 0.3) is 0 Å². The molecule has 4 heterocycles. The maximum absolute atomic E-state index is 9.95. The summed E-state index contributed by atoms with van der Waals surface area (Å²) in [6, 6.07) is 0. The predicted octanol–water partition coefficient (Wildman–Crippen LogP) is 11.4. The summed E-state index contributed by atoms with van der Waals surface area (Å²) in [7, 11) is -0.859. The van der Waals surface area contributed by atoms with Crippen molar-refractivity contribution < 1.29 is 40.9 Å². The number of thiazole rings is 4. The van der Waals surface area contributed by atoms with E-state index in [-0.39, 0.29) is 83.1 Å². The van der Waals surface area contributed by atoms with Gasteiger partial charge in [0.2, 0.25) is 0 Å². The Labute approximate surface area is 370 Å². The zero-order chi connectivity index (χ0) is 31.8. The summed E-state index contributed by atoms with van der Waals surface area (Å²) in [5, 5.41) is 18.3. The Morgan fingerprint density at radius 2 is 1.15 bits per heavy atom. The summed E-state index contributed by atoms with van der Waals surface area (Å²) in [6.07, 6.45) is 2.81. The molecule has 0 saturated carbocycles. The van der Waals surface area contributed by atoms with Crippen LogP contribution in [0.25, 0.3) is 0 Å². The molecule has 4 rings (SSSR count). The molecule has 17 heteroatoms. The molecule has 1 N–H and O–H groups in total. The number of hydrogen-bond acceptors (Lipinski definition) is 10. The van der Waals surface area contributed by atoms with E-state index in [0.29, 0.717) is 10.0 Å². The first-order chi connectivity index (χ1) is 19.0. The quantitative estimate of drug-likeness (QED) is 0.162. The number of rotatable bonds is 4. The number of halogens is 4. The molecule has 48 heavy (non-hydrogen) atoms. The minimum atomic E-state index is -0.859. The minimum Gasteiger partial charge on any atom is -1.00 e. The smallest absolute Gasteiger partial charge is 1.00 e. The zero-order valence-corrected chi connectivity index (χ0v) is 38.9. The molecule has 0 atom stereocenters. The molecule has 6 nitrogen and oxygen atoms in total. The standard InChI is InChI=1S/C7H18Si.C6H8BrNS.C5H6BrNS.C4H4BrNOS.C4H2BrNOS.5CH4.B.Na.H/c1-7(2,3)8(4,5)6;1-3-5-8-6(7)4(2)9-5;1-2-5-7-4(6)3-8-5;2*5-3-2-8-4(1-7)6-3;;;;;;;;/h1-6H3;3H2,1-2H3;3H,2H2,1H3;2,7H,1H2;1-2H;5*1H4;;;/q;;;;;;;;;;;+1;-1. The van der Waals surface area contributed by atoms with Gasteiger partial charge in [-0.05, 0) is 88.5 Å². The normalized spacial score (nSPS) is 9.04. The van der Waals surface area contributed by atoms with E-state index in [1.807, 2.05) is 10.8 Å². The first-order valence-electron chi connectivity index (χ1n) is 12.5. The molecule has 4 aromatic heterocycles. The van der Waals surface area contributed by atoms with Crippen molar-refractivity contribution in [2.24, 2.45) is 0 Å². The summed E-state index contributed by atoms with van der Waals surface area (Å²) in [4.78, 5) is 27.4. The first-order valence-corrected chi connectivity index (χ1v) is 22.6. The number of carbonyl (C=O) groups excluding carboxylic acids is 1. The number of hydrogen-bond donors (Lipinski definition) is 1. The molecule has 0 unspecified atom stereocenters. The van der Waals surface area contributed by atoms with Gasteiger partial charge in [0.05, 0.1) is 16.6 Å². The van der Waals surface area contributed by atoms with Crippen LogP contribution >= 0.6 is 109 Å². The predicted molar refractivity (Wildman–Crippen MR) is 238 cm³/mol. The summed E-state index contributed by atoms with van der Waals surface area (Å²) in [6.45, 7) is 20.6. The third-order valence-corrected chi connectivity index (χ3v) is 16.8. The van der Waals surface area contributed by atoms with Crippen molar-refractivity contribution >= 4 is 132 Å². The third-order valence-electron chi connectivity index (χ3n) is 5.42. The Morgan fingerprint density at radius 1 is 0.771 bits per heavy atom. The van der Waals surface area contributed by atoms with E-state index in [4.69, 9.17) is 5.11 Å². The van der Waals surface area contributed by atoms with Gasteiger partial charge in [-0.2, -0.15) is 0 Å². The molecular formula is C31H59BBr4N4NaO2S4Si. The number of aliphatic hydroxyl groups excluding tert-OH is 1. The van der Waals surface area contributed by atoms with Crippen LogP contribution in [0.4, 0.5) is 0 Å². The van der Waals surface area contributed by atoms with Gasteiger partial charge < -0.3 is 6.53 Å². The van der Waals surface area contributed by atoms with E-state index in [9.17, 15) is 4.79 Å². The maximum Gasteiger partial charge on any atom is 1.00 e. The molecule has 0 spiro atoms. The van der Waals surface area contributed by atoms with E-state index in [1.165, 1.54) is 37.6 Å². The number of aldehydes is 1. The van der Waals surface area contributed by atoms with Crippen molar-refractivity contribution in [1.29, 1.82) is 0 Å². The van der Waals surface area contributed by atoms with Crippen LogP contribution in [0.3, 0.4) is 0 Å². The number of aromatic nitrogens is 4. The van der Waals surface area contributed by atoms with Crippen LogP contribution < -0.4 is 29.6 Å². The van der Waals surface area contributed by atoms with Crippen molar-refractivity contribution in [2.75, 3.05) is 0 Å². The number of aryl methyl sites for hydroxylation is 3. The van der Waals surface area contributed by atoms with Crippen LogP contribution in [0, 0.1) is 6.92 Å². The minimum absolute atomic E-state index is 0. The number of nitrogens with zero attached hydrogens (tertiary/aromatic N) is 4. The fourth-order valence-corrected chi connectivity index (χ4v) is 6.46. The fourth-order valence-electron chi connectivity index (χ4n) is 1.71. The fraction of sp³-hybridized carbons (Fsp3) is 0.581. The Kier molecular flexibility index (Phi) is 49.7. The van der Waals surface area contributed by atoms with Crippen LogP contribution in [-0.2, 0) is 19.4 Å². The molecule has 0 aromatic carbocycles. The first kappa shape index (κ1) is 67.5. The second-order valence-corrected chi connectivity index (χ2v) is 23.3. The second-order valence-electron chi connectivity index (χ2n) is 10.1. The van der Waals surface area contributed by atoms with Crippen LogP contribution in [0.5, 0.6) is 0 Å². The van der Waals surface area contributed by atoms with Crippen LogP contribution in [0.15, 0.2) is 34.6 Å². The molecule has 0 saturated heterocycles. The second kappa shape index (κ2) is 35.4. The molecule has 275 valence electrons. The van der Waals surface area contributed by atoms with Crippen molar-refractivity contribution in [2.45, 2.75) is 123 Å². The van der Waals surface area contributed by atoms with Crippen LogP contribution in [-0.4, -0.2) is 47.8 Å². The molecule has 4 aromatic rings. The number of aliphatic hydroxyl groups is 1. The SMILES string of the molecule is C.C.C.C.C.CC(C)(C)[Si](C)(C)C.CCc1nc(Br)c(C)s1.CCc1nc(Br)cs1.O=Cc1nc(Br)cs1.OCc1nc(Br)cs1.[B].[H-].[Na+]. The summed E-state index contributed by atoms with van der Waals surface area (Å²) >= 11 is 19.1. The van der Waals surface area contributed by atoms with E-state index >= 15 is 0 Å². The van der Waals surface area contributed by atoms with Crippen molar-refractivity contribution in [1.82, 2.24) is 19.9 Å². The Morgan fingerprint density at radius 3 is 1.29 bits per heavy atom. The monoisotopic (exact) mass is 1030 g/mol. The maximum atomic E-state index is 9.95.